The largest absolute Gasteiger partial charge is 0.389 e. The van der Waals surface area contributed by atoms with Gasteiger partial charge in [-0.3, -0.25) is 4.79 Å². The van der Waals surface area contributed by atoms with Gasteiger partial charge in [0.1, 0.15) is 0 Å². The van der Waals surface area contributed by atoms with Crippen LogP contribution >= 0.6 is 0 Å². The lowest BCUT2D eigenvalue weighted by Gasteiger charge is -2.29. The van der Waals surface area contributed by atoms with Gasteiger partial charge in [-0.05, 0) is 46.6 Å². The van der Waals surface area contributed by atoms with E-state index in [1.54, 1.807) is 18.7 Å². The third kappa shape index (κ3) is 5.83. The molecular formula is C14H28N2O2. The van der Waals surface area contributed by atoms with Crippen LogP contribution in [-0.4, -0.2) is 47.2 Å². The molecule has 1 unspecified atom stereocenters. The number of nitrogens with one attached hydrogen (secondary N) is 1. The normalized spacial score (nSPS) is 20.8. The van der Waals surface area contributed by atoms with Gasteiger partial charge in [0.2, 0.25) is 5.91 Å². The highest BCUT2D eigenvalue weighted by Crippen LogP contribution is 2.13. The van der Waals surface area contributed by atoms with E-state index in [4.69, 9.17) is 0 Å². The minimum atomic E-state index is -0.811. The Morgan fingerprint density at radius 3 is 2.67 bits per heavy atom. The van der Waals surface area contributed by atoms with E-state index in [1.807, 2.05) is 6.92 Å². The van der Waals surface area contributed by atoms with Crippen molar-refractivity contribution in [2.45, 2.75) is 64.5 Å². The van der Waals surface area contributed by atoms with Gasteiger partial charge in [0, 0.05) is 25.6 Å². The number of piperidine rings is 1. The van der Waals surface area contributed by atoms with Crippen molar-refractivity contribution < 1.29 is 9.90 Å². The molecule has 0 spiro atoms. The lowest BCUT2D eigenvalue weighted by molar-refractivity contribution is -0.134. The van der Waals surface area contributed by atoms with Gasteiger partial charge in [-0.1, -0.05) is 6.42 Å². The van der Waals surface area contributed by atoms with Gasteiger partial charge in [0.05, 0.1) is 5.60 Å². The molecular weight excluding hydrogens is 228 g/mol. The maximum absolute atomic E-state index is 12.1. The Bertz CT molecular complexity index is 255. The average Bonchev–Trinajstić information content (AvgIpc) is 2.33. The molecule has 4 nitrogen and oxygen atoms in total. The van der Waals surface area contributed by atoms with Crippen LogP contribution < -0.4 is 5.32 Å². The number of carbonyl (C=O) groups excluding carboxylic acids is 1. The number of likely N-dealkylation sites (N-methyl/N-ethyl adjacent to an activating group) is 1. The summed E-state index contributed by atoms with van der Waals surface area (Å²) in [6, 6.07) is 0.503. The lowest BCUT2D eigenvalue weighted by Crippen LogP contribution is -2.43. The van der Waals surface area contributed by atoms with Crippen molar-refractivity contribution in [2.75, 3.05) is 19.6 Å². The van der Waals surface area contributed by atoms with Crippen molar-refractivity contribution in [3.05, 3.63) is 0 Å². The Labute approximate surface area is 111 Å². The van der Waals surface area contributed by atoms with E-state index in [0.717, 1.165) is 13.0 Å². The van der Waals surface area contributed by atoms with Crippen LogP contribution in [0.3, 0.4) is 0 Å². The average molecular weight is 256 g/mol. The molecule has 1 aliphatic rings. The fourth-order valence-electron chi connectivity index (χ4n) is 2.47. The molecule has 1 rings (SSSR count). The zero-order valence-corrected chi connectivity index (χ0v) is 12.0. The number of hydrogen-bond acceptors (Lipinski definition) is 3. The first kappa shape index (κ1) is 15.4. The molecule has 1 atom stereocenters. The molecule has 1 saturated heterocycles. The van der Waals surface area contributed by atoms with Gasteiger partial charge in [-0.2, -0.15) is 0 Å². The highest BCUT2D eigenvalue weighted by molar-refractivity contribution is 5.76. The van der Waals surface area contributed by atoms with E-state index in [-0.39, 0.29) is 5.91 Å². The van der Waals surface area contributed by atoms with Crippen LogP contribution in [0, 0.1) is 0 Å². The summed E-state index contributed by atoms with van der Waals surface area (Å²) in [6.07, 6.45) is 5.21. The summed E-state index contributed by atoms with van der Waals surface area (Å²) in [6.45, 7) is 7.61. The van der Waals surface area contributed by atoms with E-state index in [2.05, 4.69) is 5.32 Å². The molecule has 0 aromatic carbocycles. The molecule has 1 fully saturated rings. The quantitative estimate of drug-likeness (QED) is 0.758. The summed E-state index contributed by atoms with van der Waals surface area (Å²) in [5.74, 6) is 0.159. The first-order valence-electron chi connectivity index (χ1n) is 7.16. The Kier molecular flexibility index (Phi) is 6.09. The zero-order chi connectivity index (χ0) is 13.6. The minimum absolute atomic E-state index is 0.159. The molecule has 1 amide bonds. The van der Waals surface area contributed by atoms with Crippen molar-refractivity contribution in [3.63, 3.8) is 0 Å². The molecule has 1 aliphatic heterocycles. The second-order valence-electron chi connectivity index (χ2n) is 5.91. The predicted molar refractivity (Wildman–Crippen MR) is 73.4 cm³/mol. The molecule has 1 heterocycles. The van der Waals surface area contributed by atoms with Gasteiger partial charge in [0.25, 0.3) is 0 Å². The Balaban J connectivity index is 2.32. The van der Waals surface area contributed by atoms with Gasteiger partial charge >= 0.3 is 0 Å². The number of nitrogens with zero attached hydrogens (tertiary/aromatic N) is 1. The number of aliphatic hydroxyl groups is 1. The van der Waals surface area contributed by atoms with Gasteiger partial charge in [-0.15, -0.1) is 0 Å². The summed E-state index contributed by atoms with van der Waals surface area (Å²) in [5.41, 5.74) is -0.811. The second kappa shape index (κ2) is 7.10. The first-order chi connectivity index (χ1) is 8.42. The van der Waals surface area contributed by atoms with E-state index in [1.165, 1.54) is 19.3 Å². The number of hydrogen-bond donors (Lipinski definition) is 2. The number of rotatable bonds is 6. The van der Waals surface area contributed by atoms with Crippen LogP contribution in [0.1, 0.15) is 52.9 Å². The van der Waals surface area contributed by atoms with Crippen molar-refractivity contribution in [2.24, 2.45) is 0 Å². The summed E-state index contributed by atoms with van der Waals surface area (Å²) in [4.78, 5) is 13.8. The molecule has 2 N–H and O–H groups in total. The molecule has 0 aromatic heterocycles. The number of carbonyl (C=O) groups is 1. The van der Waals surface area contributed by atoms with E-state index in [9.17, 15) is 9.90 Å². The highest BCUT2D eigenvalue weighted by Gasteiger charge is 2.22. The topological polar surface area (TPSA) is 52.6 Å². The minimum Gasteiger partial charge on any atom is -0.389 e. The maximum Gasteiger partial charge on any atom is 0.222 e. The van der Waals surface area contributed by atoms with Crippen LogP contribution in [0.15, 0.2) is 0 Å². The first-order valence-corrected chi connectivity index (χ1v) is 7.16. The standard InChI is InChI=1S/C14H28N2O2/c1-4-16(11-14(2,3)18)13(17)9-8-12-7-5-6-10-15-12/h12,15,18H,4-11H2,1-3H3. The van der Waals surface area contributed by atoms with Gasteiger partial charge < -0.3 is 15.3 Å². The zero-order valence-electron chi connectivity index (χ0n) is 12.0. The third-order valence-corrected chi connectivity index (χ3v) is 3.43. The summed E-state index contributed by atoms with van der Waals surface area (Å²) < 4.78 is 0. The number of amides is 1. The Hall–Kier alpha value is -0.610. The summed E-state index contributed by atoms with van der Waals surface area (Å²) >= 11 is 0. The monoisotopic (exact) mass is 256 g/mol. The van der Waals surface area contributed by atoms with Crippen LogP contribution in [0.2, 0.25) is 0 Å². The summed E-state index contributed by atoms with van der Waals surface area (Å²) in [5, 5.41) is 13.2. The van der Waals surface area contributed by atoms with Gasteiger partial charge in [0.15, 0.2) is 0 Å². The second-order valence-corrected chi connectivity index (χ2v) is 5.91. The van der Waals surface area contributed by atoms with Crippen molar-refractivity contribution in [1.82, 2.24) is 10.2 Å². The van der Waals surface area contributed by atoms with E-state index < -0.39 is 5.60 Å². The molecule has 18 heavy (non-hydrogen) atoms. The fraction of sp³-hybridized carbons (Fsp3) is 0.929. The Morgan fingerprint density at radius 2 is 2.17 bits per heavy atom. The molecule has 0 aliphatic carbocycles. The third-order valence-electron chi connectivity index (χ3n) is 3.43. The van der Waals surface area contributed by atoms with Crippen molar-refractivity contribution >= 4 is 5.91 Å². The highest BCUT2D eigenvalue weighted by atomic mass is 16.3. The molecule has 0 saturated carbocycles. The smallest absolute Gasteiger partial charge is 0.222 e. The molecule has 0 radical (unpaired) electrons. The van der Waals surface area contributed by atoms with Gasteiger partial charge in [-0.25, -0.2) is 0 Å². The van der Waals surface area contributed by atoms with Crippen molar-refractivity contribution in [1.29, 1.82) is 0 Å². The van der Waals surface area contributed by atoms with E-state index >= 15 is 0 Å². The van der Waals surface area contributed by atoms with Crippen LogP contribution in [0.4, 0.5) is 0 Å². The lowest BCUT2D eigenvalue weighted by atomic mass is 10.00. The summed E-state index contributed by atoms with van der Waals surface area (Å²) in [7, 11) is 0. The molecule has 0 aromatic rings. The SMILES string of the molecule is CCN(CC(C)(C)O)C(=O)CCC1CCCCN1. The van der Waals surface area contributed by atoms with Crippen LogP contribution in [-0.2, 0) is 4.79 Å². The van der Waals surface area contributed by atoms with E-state index in [0.29, 0.717) is 25.6 Å². The Morgan fingerprint density at radius 1 is 1.44 bits per heavy atom. The molecule has 4 heteroatoms. The maximum atomic E-state index is 12.1. The fourth-order valence-corrected chi connectivity index (χ4v) is 2.47. The molecule has 106 valence electrons. The van der Waals surface area contributed by atoms with Crippen molar-refractivity contribution in [3.8, 4) is 0 Å². The molecule has 0 bridgehead atoms. The predicted octanol–water partition coefficient (Wildman–Crippen LogP) is 1.53. The van der Waals surface area contributed by atoms with Crippen LogP contribution in [0.25, 0.3) is 0 Å². The van der Waals surface area contributed by atoms with Crippen LogP contribution in [0.5, 0.6) is 0 Å².